The summed E-state index contributed by atoms with van der Waals surface area (Å²) in [5.41, 5.74) is 1.43. The summed E-state index contributed by atoms with van der Waals surface area (Å²) in [4.78, 5) is 14.9. The van der Waals surface area contributed by atoms with Crippen LogP contribution in [-0.2, 0) is 13.0 Å². The number of hydrogen-bond acceptors (Lipinski definition) is 2. The van der Waals surface area contributed by atoms with Crippen molar-refractivity contribution in [3.8, 4) is 0 Å². The topological polar surface area (TPSA) is 55.1 Å². The Kier molecular flexibility index (Phi) is 3.00. The van der Waals surface area contributed by atoms with Gasteiger partial charge in [-0.3, -0.25) is 4.98 Å². The minimum absolute atomic E-state index is 0.323. The number of aromatic carboxylic acids is 1. The number of aryl methyl sites for hydroxylation is 2. The Labute approximate surface area is 93.2 Å². The Hall–Kier alpha value is -2.10. The lowest BCUT2D eigenvalue weighted by atomic mass is 10.2. The Morgan fingerprint density at radius 2 is 2.25 bits per heavy atom. The second-order valence-electron chi connectivity index (χ2n) is 3.50. The van der Waals surface area contributed by atoms with Gasteiger partial charge in [0.05, 0.1) is 0 Å². The molecule has 2 aromatic rings. The Bertz CT molecular complexity index is 477. The summed E-state index contributed by atoms with van der Waals surface area (Å²) in [6.45, 7) is 0.653. The highest BCUT2D eigenvalue weighted by Gasteiger charge is 2.07. The van der Waals surface area contributed by atoms with Crippen molar-refractivity contribution in [2.75, 3.05) is 0 Å². The number of carboxylic acid groups (broad SMARTS) is 1. The molecule has 16 heavy (non-hydrogen) atoms. The molecule has 0 saturated carbocycles. The van der Waals surface area contributed by atoms with Gasteiger partial charge in [-0.2, -0.15) is 0 Å². The maximum atomic E-state index is 10.9. The molecule has 0 aliphatic heterocycles. The van der Waals surface area contributed by atoms with Crippen molar-refractivity contribution in [1.29, 1.82) is 0 Å². The fraction of sp³-hybridized carbons (Fsp3) is 0.167. The third-order valence-electron chi connectivity index (χ3n) is 2.41. The van der Waals surface area contributed by atoms with E-state index in [1.807, 2.05) is 12.1 Å². The second kappa shape index (κ2) is 4.61. The Balaban J connectivity index is 2.05. The predicted octanol–water partition coefficient (Wildman–Crippen LogP) is 1.82. The number of nitrogens with zero attached hydrogens (tertiary/aromatic N) is 2. The molecule has 4 nitrogen and oxygen atoms in total. The summed E-state index contributed by atoms with van der Waals surface area (Å²) < 4.78 is 1.73. The molecule has 0 aliphatic carbocycles. The van der Waals surface area contributed by atoms with E-state index in [2.05, 4.69) is 4.98 Å². The van der Waals surface area contributed by atoms with Gasteiger partial charge in [0.25, 0.3) is 0 Å². The minimum atomic E-state index is -0.892. The number of carbonyl (C=O) groups is 1. The van der Waals surface area contributed by atoms with Crippen molar-refractivity contribution in [2.45, 2.75) is 13.0 Å². The van der Waals surface area contributed by atoms with Crippen LogP contribution < -0.4 is 0 Å². The summed E-state index contributed by atoms with van der Waals surface area (Å²) in [6, 6.07) is 7.21. The van der Waals surface area contributed by atoms with Gasteiger partial charge in [-0.15, -0.1) is 0 Å². The Morgan fingerprint density at radius 1 is 1.38 bits per heavy atom. The number of rotatable bonds is 4. The maximum absolute atomic E-state index is 10.9. The lowest BCUT2D eigenvalue weighted by Crippen LogP contribution is -2.09. The molecule has 0 fully saturated rings. The van der Waals surface area contributed by atoms with Crippen molar-refractivity contribution in [3.05, 3.63) is 54.1 Å². The molecule has 0 aliphatic rings. The maximum Gasteiger partial charge on any atom is 0.352 e. The monoisotopic (exact) mass is 216 g/mol. The summed E-state index contributed by atoms with van der Waals surface area (Å²) >= 11 is 0. The van der Waals surface area contributed by atoms with E-state index >= 15 is 0 Å². The van der Waals surface area contributed by atoms with E-state index in [0.29, 0.717) is 12.2 Å². The first-order valence-electron chi connectivity index (χ1n) is 5.05. The summed E-state index contributed by atoms with van der Waals surface area (Å²) in [7, 11) is 0. The van der Waals surface area contributed by atoms with Gasteiger partial charge >= 0.3 is 5.97 Å². The van der Waals surface area contributed by atoms with Gasteiger partial charge in [-0.25, -0.2) is 4.79 Å². The highest BCUT2D eigenvalue weighted by molar-refractivity contribution is 5.85. The molecule has 0 radical (unpaired) electrons. The number of hydrogen-bond donors (Lipinski definition) is 1. The third kappa shape index (κ3) is 2.28. The molecule has 0 saturated heterocycles. The molecule has 1 N–H and O–H groups in total. The molecule has 82 valence electrons. The average molecular weight is 216 g/mol. The van der Waals surface area contributed by atoms with Crippen LogP contribution >= 0.6 is 0 Å². The Morgan fingerprint density at radius 3 is 2.94 bits per heavy atom. The van der Waals surface area contributed by atoms with Crippen LogP contribution in [-0.4, -0.2) is 20.6 Å². The van der Waals surface area contributed by atoms with Crippen molar-refractivity contribution in [3.63, 3.8) is 0 Å². The van der Waals surface area contributed by atoms with Crippen LogP contribution in [0, 0.1) is 0 Å². The van der Waals surface area contributed by atoms with Gasteiger partial charge in [0.1, 0.15) is 5.69 Å². The fourth-order valence-electron chi connectivity index (χ4n) is 1.60. The van der Waals surface area contributed by atoms with Gasteiger partial charge in [0.2, 0.25) is 0 Å². The van der Waals surface area contributed by atoms with Crippen LogP contribution in [0.25, 0.3) is 0 Å². The molecule has 0 unspecified atom stereocenters. The zero-order chi connectivity index (χ0) is 11.4. The lowest BCUT2D eigenvalue weighted by molar-refractivity contribution is 0.0685. The van der Waals surface area contributed by atoms with E-state index < -0.39 is 5.97 Å². The first-order valence-corrected chi connectivity index (χ1v) is 5.05. The molecule has 0 spiro atoms. The van der Waals surface area contributed by atoms with Crippen LogP contribution in [0.5, 0.6) is 0 Å². The van der Waals surface area contributed by atoms with Crippen LogP contribution in [0.15, 0.2) is 42.9 Å². The molecule has 0 aromatic carbocycles. The molecule has 2 aromatic heterocycles. The van der Waals surface area contributed by atoms with E-state index in [9.17, 15) is 4.79 Å². The SMILES string of the molecule is O=C(O)c1cccn1CCc1cccnc1. The van der Waals surface area contributed by atoms with Gasteiger partial charge < -0.3 is 9.67 Å². The zero-order valence-electron chi connectivity index (χ0n) is 8.71. The molecule has 0 bridgehead atoms. The molecule has 2 heterocycles. The third-order valence-corrected chi connectivity index (χ3v) is 2.41. The quantitative estimate of drug-likeness (QED) is 0.848. The summed E-state index contributed by atoms with van der Waals surface area (Å²) in [5, 5.41) is 8.92. The number of carboxylic acids is 1. The van der Waals surface area contributed by atoms with Crippen LogP contribution in [0.1, 0.15) is 16.1 Å². The highest BCUT2D eigenvalue weighted by Crippen LogP contribution is 2.05. The molecular formula is C12H12N2O2. The minimum Gasteiger partial charge on any atom is -0.477 e. The van der Waals surface area contributed by atoms with Crippen molar-refractivity contribution < 1.29 is 9.90 Å². The van der Waals surface area contributed by atoms with E-state index in [4.69, 9.17) is 5.11 Å². The van der Waals surface area contributed by atoms with Gasteiger partial charge in [-0.1, -0.05) is 6.07 Å². The molecule has 0 atom stereocenters. The largest absolute Gasteiger partial charge is 0.477 e. The summed E-state index contributed by atoms with van der Waals surface area (Å²) in [6.07, 6.45) is 6.08. The first kappa shape index (κ1) is 10.4. The predicted molar refractivity (Wildman–Crippen MR) is 59.3 cm³/mol. The molecule has 4 heteroatoms. The van der Waals surface area contributed by atoms with E-state index in [0.717, 1.165) is 12.0 Å². The fourth-order valence-corrected chi connectivity index (χ4v) is 1.60. The highest BCUT2D eigenvalue weighted by atomic mass is 16.4. The first-order chi connectivity index (χ1) is 7.77. The van der Waals surface area contributed by atoms with Crippen LogP contribution in [0.2, 0.25) is 0 Å². The van der Waals surface area contributed by atoms with Crippen molar-refractivity contribution in [1.82, 2.24) is 9.55 Å². The van der Waals surface area contributed by atoms with E-state index in [1.165, 1.54) is 0 Å². The number of aromatic nitrogens is 2. The molecule has 2 rings (SSSR count). The van der Waals surface area contributed by atoms with Gasteiger partial charge in [0.15, 0.2) is 0 Å². The van der Waals surface area contributed by atoms with Crippen molar-refractivity contribution >= 4 is 5.97 Å². The smallest absolute Gasteiger partial charge is 0.352 e. The average Bonchev–Trinajstić information content (AvgIpc) is 2.76. The van der Waals surface area contributed by atoms with Gasteiger partial charge in [-0.05, 0) is 30.2 Å². The summed E-state index contributed by atoms with van der Waals surface area (Å²) in [5.74, 6) is -0.892. The lowest BCUT2D eigenvalue weighted by Gasteiger charge is -2.05. The number of pyridine rings is 1. The molecular weight excluding hydrogens is 204 g/mol. The standard InChI is InChI=1S/C12H12N2O2/c15-12(16)11-4-2-7-14(11)8-5-10-3-1-6-13-9-10/h1-4,6-7,9H,5,8H2,(H,15,16). The zero-order valence-corrected chi connectivity index (χ0v) is 8.71. The molecule has 0 amide bonds. The second-order valence-corrected chi connectivity index (χ2v) is 3.50. The van der Waals surface area contributed by atoms with E-state index in [-0.39, 0.29) is 0 Å². The van der Waals surface area contributed by atoms with E-state index in [1.54, 1.807) is 35.3 Å². The normalized spacial score (nSPS) is 10.2. The van der Waals surface area contributed by atoms with Crippen LogP contribution in [0.4, 0.5) is 0 Å². The van der Waals surface area contributed by atoms with Gasteiger partial charge in [0, 0.05) is 25.1 Å². The van der Waals surface area contributed by atoms with Crippen molar-refractivity contribution in [2.24, 2.45) is 0 Å². The van der Waals surface area contributed by atoms with Crippen LogP contribution in [0.3, 0.4) is 0 Å².